The topological polar surface area (TPSA) is 29.5 Å². The van der Waals surface area contributed by atoms with E-state index in [0.717, 1.165) is 0 Å². The van der Waals surface area contributed by atoms with Crippen LogP contribution in [0.5, 0.6) is 0 Å². The summed E-state index contributed by atoms with van der Waals surface area (Å²) in [4.78, 5) is 8.10. The van der Waals surface area contributed by atoms with Gasteiger partial charge in [-0.25, -0.2) is 0 Å². The van der Waals surface area contributed by atoms with Crippen LogP contribution >= 0.6 is 0 Å². The molecule has 3 heteroatoms. The van der Waals surface area contributed by atoms with Crippen molar-refractivity contribution in [2.75, 3.05) is 12.8 Å². The van der Waals surface area contributed by atoms with Gasteiger partial charge in [0.15, 0.2) is 0 Å². The molecule has 2 radical (unpaired) electrons. The highest BCUT2D eigenvalue weighted by atomic mass is 28.2. The van der Waals surface area contributed by atoms with Crippen LogP contribution in [0.4, 0.5) is 0 Å². The third-order valence-electron chi connectivity index (χ3n) is 0.371. The molecule has 0 bridgehead atoms. The van der Waals surface area contributed by atoms with E-state index >= 15 is 0 Å². The van der Waals surface area contributed by atoms with E-state index in [4.69, 9.17) is 9.53 Å². The van der Waals surface area contributed by atoms with Gasteiger partial charge in [0, 0.05) is 6.61 Å². The van der Waals surface area contributed by atoms with Gasteiger partial charge >= 0.3 is 0 Å². The number of rotatable bonds is 3. The van der Waals surface area contributed by atoms with Crippen molar-refractivity contribution in [2.45, 2.75) is 6.92 Å². The van der Waals surface area contributed by atoms with Gasteiger partial charge in [-0.3, -0.25) is 0 Å². The van der Waals surface area contributed by atoms with E-state index in [1.165, 1.54) is 0 Å². The molecular weight excluding hydrogens is 96.1 g/mol. The summed E-state index contributed by atoms with van der Waals surface area (Å²) >= 11 is 0. The van der Waals surface area contributed by atoms with Crippen molar-refractivity contribution < 1.29 is 9.53 Å². The molecule has 36 valence electrons. The zero-order valence-electron chi connectivity index (χ0n) is 3.77. The van der Waals surface area contributed by atoms with E-state index in [-0.39, 0.29) is 9.76 Å². The van der Waals surface area contributed by atoms with Crippen molar-refractivity contribution in [3.8, 4) is 0 Å². The molecular formula is C3H8O2Si. The Morgan fingerprint density at radius 2 is 2.50 bits per heavy atom. The lowest BCUT2D eigenvalue weighted by atomic mass is 10.9. The fourth-order valence-electron chi connectivity index (χ4n) is 0.148. The Hall–Kier alpha value is 0.137. The molecule has 2 nitrogen and oxygen atoms in total. The zero-order valence-corrected chi connectivity index (χ0v) is 4.77. The molecule has 6 heavy (non-hydrogen) atoms. The maximum Gasteiger partial charge on any atom is 0.253 e. The first kappa shape index (κ1) is 6.14. The van der Waals surface area contributed by atoms with Crippen molar-refractivity contribution in [3.05, 3.63) is 0 Å². The summed E-state index contributed by atoms with van der Waals surface area (Å²) in [7, 11) is -0.0576. The van der Waals surface area contributed by atoms with Crippen molar-refractivity contribution in [3.63, 3.8) is 0 Å². The lowest BCUT2D eigenvalue weighted by Gasteiger charge is -1.89. The highest BCUT2D eigenvalue weighted by molar-refractivity contribution is 6.24. The van der Waals surface area contributed by atoms with Gasteiger partial charge in [-0.1, -0.05) is 0 Å². The highest BCUT2D eigenvalue weighted by Gasteiger charge is 1.77. The maximum atomic E-state index is 8.10. The predicted molar refractivity (Wildman–Crippen MR) is 24.5 cm³/mol. The van der Waals surface area contributed by atoms with Gasteiger partial charge in [0.2, 0.25) is 0 Å². The Balaban J connectivity index is 2.34. The lowest BCUT2D eigenvalue weighted by Crippen LogP contribution is -2.00. The fourth-order valence-corrected chi connectivity index (χ4v) is 0.443. The molecule has 0 aromatic heterocycles. The van der Waals surface area contributed by atoms with Gasteiger partial charge in [0.05, 0.1) is 6.23 Å². The quantitative estimate of drug-likeness (QED) is 0.389. The summed E-state index contributed by atoms with van der Waals surface area (Å²) in [6, 6.07) is 0. The molecule has 0 heterocycles. The van der Waals surface area contributed by atoms with E-state index in [1.807, 2.05) is 6.92 Å². The Bertz CT molecular complexity index is 20.8. The smallest absolute Gasteiger partial charge is 0.253 e. The van der Waals surface area contributed by atoms with Crippen LogP contribution in [0.15, 0.2) is 0 Å². The Labute approximate surface area is 40.1 Å². The summed E-state index contributed by atoms with van der Waals surface area (Å²) in [5.74, 6) is 0. The summed E-state index contributed by atoms with van der Waals surface area (Å²) in [5.41, 5.74) is 0. The highest BCUT2D eigenvalue weighted by Crippen LogP contribution is 1.64. The molecule has 0 aromatic carbocycles. The van der Waals surface area contributed by atoms with Crippen LogP contribution in [0.25, 0.3) is 0 Å². The van der Waals surface area contributed by atoms with Crippen LogP contribution in [-0.4, -0.2) is 27.4 Å². The Morgan fingerprint density at radius 1 is 1.83 bits per heavy atom. The van der Waals surface area contributed by atoms with Gasteiger partial charge in [0.1, 0.15) is 0 Å². The first-order chi connectivity index (χ1) is 2.91. The van der Waals surface area contributed by atoms with Gasteiger partial charge < -0.3 is 9.53 Å². The molecule has 0 aliphatic heterocycles. The summed E-state index contributed by atoms with van der Waals surface area (Å²) in [6.07, 6.45) is 0.497. The number of hydrogen-bond acceptors (Lipinski definition) is 2. The molecule has 0 amide bonds. The second kappa shape index (κ2) is 5.14. The molecule has 0 unspecified atom stereocenters. The van der Waals surface area contributed by atoms with E-state index < -0.39 is 0 Å². The second-order valence-electron chi connectivity index (χ2n) is 0.795. The van der Waals surface area contributed by atoms with Crippen LogP contribution < -0.4 is 0 Å². The molecule has 1 N–H and O–H groups in total. The van der Waals surface area contributed by atoms with Crippen LogP contribution in [0.3, 0.4) is 0 Å². The van der Waals surface area contributed by atoms with E-state index in [2.05, 4.69) is 0 Å². The number of hydrogen-bond donors (Lipinski definition) is 1. The normalized spacial score (nSPS) is 9.00. The monoisotopic (exact) mass is 104 g/mol. The predicted octanol–water partition coefficient (Wildman–Crippen LogP) is -0.408. The molecule has 0 aliphatic rings. The standard InChI is InChI=1S/C3H8O2Si/c1-2-5-3-6-4/h4H,2-3H2,1H3. The van der Waals surface area contributed by atoms with Gasteiger partial charge in [0.25, 0.3) is 9.76 Å². The second-order valence-corrected chi connectivity index (χ2v) is 1.40. The third kappa shape index (κ3) is 4.14. The third-order valence-corrected chi connectivity index (χ3v) is 0.704. The van der Waals surface area contributed by atoms with Crippen LogP contribution in [0.2, 0.25) is 0 Å². The average molecular weight is 104 g/mol. The Kier molecular flexibility index (Phi) is 5.25. The van der Waals surface area contributed by atoms with Crippen molar-refractivity contribution in [2.24, 2.45) is 0 Å². The van der Waals surface area contributed by atoms with Crippen molar-refractivity contribution >= 4 is 9.76 Å². The van der Waals surface area contributed by atoms with E-state index in [9.17, 15) is 0 Å². The summed E-state index contributed by atoms with van der Waals surface area (Å²) in [6.45, 7) is 2.60. The first-order valence-electron chi connectivity index (χ1n) is 1.86. The summed E-state index contributed by atoms with van der Waals surface area (Å²) < 4.78 is 4.74. The average Bonchev–Trinajstić information content (AvgIpc) is 1.61. The zero-order chi connectivity index (χ0) is 4.83. The lowest BCUT2D eigenvalue weighted by molar-refractivity contribution is 0.186. The largest absolute Gasteiger partial charge is 0.430 e. The Morgan fingerprint density at radius 3 is 2.67 bits per heavy atom. The minimum Gasteiger partial charge on any atom is -0.430 e. The maximum absolute atomic E-state index is 8.10. The fraction of sp³-hybridized carbons (Fsp3) is 1.00. The van der Waals surface area contributed by atoms with E-state index in [1.54, 1.807) is 0 Å². The molecule has 0 fully saturated rings. The van der Waals surface area contributed by atoms with Crippen molar-refractivity contribution in [1.82, 2.24) is 0 Å². The molecule has 0 saturated heterocycles. The molecule has 0 aliphatic carbocycles. The molecule has 0 aromatic rings. The van der Waals surface area contributed by atoms with Gasteiger partial charge in [-0.15, -0.1) is 0 Å². The molecule has 0 atom stereocenters. The van der Waals surface area contributed by atoms with Gasteiger partial charge in [-0.05, 0) is 6.92 Å². The minimum atomic E-state index is -0.0576. The van der Waals surface area contributed by atoms with Gasteiger partial charge in [-0.2, -0.15) is 0 Å². The summed E-state index contributed by atoms with van der Waals surface area (Å²) in [5, 5.41) is 0. The minimum absolute atomic E-state index is 0.0576. The van der Waals surface area contributed by atoms with E-state index in [0.29, 0.717) is 12.8 Å². The van der Waals surface area contributed by atoms with Crippen LogP contribution in [0, 0.1) is 0 Å². The SMILES string of the molecule is CCOC[Si]O. The van der Waals surface area contributed by atoms with Crippen LogP contribution in [0.1, 0.15) is 6.92 Å². The number of ether oxygens (including phenoxy) is 1. The molecule has 0 saturated carbocycles. The van der Waals surface area contributed by atoms with Crippen molar-refractivity contribution in [1.29, 1.82) is 0 Å². The first-order valence-corrected chi connectivity index (χ1v) is 3.02. The molecule has 0 spiro atoms. The molecule has 0 rings (SSSR count). The van der Waals surface area contributed by atoms with Crippen LogP contribution in [-0.2, 0) is 4.74 Å².